The van der Waals surface area contributed by atoms with Gasteiger partial charge in [-0.2, -0.15) is 0 Å². The van der Waals surface area contributed by atoms with Crippen LogP contribution in [0, 0.1) is 11.6 Å². The monoisotopic (exact) mass is 286 g/mol. The van der Waals surface area contributed by atoms with E-state index in [-0.39, 0.29) is 30.1 Å². The minimum Gasteiger partial charge on any atom is -0.436 e. The molecule has 19 heavy (non-hydrogen) atoms. The Labute approximate surface area is 115 Å². The standard InChI is InChI=1S/C13H12F2N2O.ClH/c1-8(16)9-2-5-13(17-7-9)18-12-4-3-10(14)6-11(12)15;/h2-8H,16H2,1H3;1H. The van der Waals surface area contributed by atoms with Gasteiger partial charge in [0.2, 0.25) is 5.88 Å². The Balaban J connectivity index is 0.00000180. The van der Waals surface area contributed by atoms with Crippen LogP contribution in [0.15, 0.2) is 36.5 Å². The molecule has 102 valence electrons. The van der Waals surface area contributed by atoms with Crippen LogP contribution in [-0.2, 0) is 0 Å². The van der Waals surface area contributed by atoms with E-state index in [9.17, 15) is 8.78 Å². The van der Waals surface area contributed by atoms with Crippen LogP contribution in [0.25, 0.3) is 0 Å². The molecule has 0 amide bonds. The Hall–Kier alpha value is -1.72. The number of halogens is 3. The van der Waals surface area contributed by atoms with Gasteiger partial charge in [-0.05, 0) is 24.6 Å². The van der Waals surface area contributed by atoms with E-state index in [0.29, 0.717) is 0 Å². The van der Waals surface area contributed by atoms with Crippen LogP contribution in [0.5, 0.6) is 11.6 Å². The van der Waals surface area contributed by atoms with Gasteiger partial charge in [0.1, 0.15) is 5.82 Å². The number of benzene rings is 1. The number of rotatable bonds is 3. The van der Waals surface area contributed by atoms with Gasteiger partial charge in [-0.25, -0.2) is 13.8 Å². The number of pyridine rings is 1. The number of nitrogens with zero attached hydrogens (tertiary/aromatic N) is 1. The Morgan fingerprint density at radius 3 is 2.47 bits per heavy atom. The third-order valence-corrected chi connectivity index (χ3v) is 2.39. The summed E-state index contributed by atoms with van der Waals surface area (Å²) in [4.78, 5) is 4.00. The third kappa shape index (κ3) is 3.87. The first-order valence-corrected chi connectivity index (χ1v) is 5.40. The Kier molecular flexibility index (Phi) is 5.20. The molecule has 2 aromatic rings. The first kappa shape index (κ1) is 15.3. The fourth-order valence-electron chi connectivity index (χ4n) is 1.39. The molecule has 1 aromatic heterocycles. The van der Waals surface area contributed by atoms with Gasteiger partial charge in [-0.1, -0.05) is 6.07 Å². The van der Waals surface area contributed by atoms with Gasteiger partial charge in [-0.3, -0.25) is 0 Å². The summed E-state index contributed by atoms with van der Waals surface area (Å²) in [5.74, 6) is -1.27. The SMILES string of the molecule is CC(N)c1ccc(Oc2ccc(F)cc2F)nc1.Cl. The van der Waals surface area contributed by atoms with E-state index >= 15 is 0 Å². The normalized spacial score (nSPS) is 11.6. The molecule has 1 aromatic carbocycles. The zero-order valence-electron chi connectivity index (χ0n) is 10.1. The van der Waals surface area contributed by atoms with Crippen molar-refractivity contribution in [2.45, 2.75) is 13.0 Å². The summed E-state index contributed by atoms with van der Waals surface area (Å²) in [5, 5.41) is 0. The third-order valence-electron chi connectivity index (χ3n) is 2.39. The van der Waals surface area contributed by atoms with Crippen molar-refractivity contribution in [2.24, 2.45) is 5.73 Å². The van der Waals surface area contributed by atoms with Gasteiger partial charge in [0, 0.05) is 24.4 Å². The molecular formula is C13H13ClF2N2O. The number of nitrogens with two attached hydrogens (primary N) is 1. The molecule has 0 saturated heterocycles. The predicted molar refractivity (Wildman–Crippen MR) is 70.5 cm³/mol. The van der Waals surface area contributed by atoms with Gasteiger partial charge in [0.25, 0.3) is 0 Å². The second-order valence-corrected chi connectivity index (χ2v) is 3.90. The number of aromatic nitrogens is 1. The molecule has 0 saturated carbocycles. The van der Waals surface area contributed by atoms with Crippen LogP contribution in [-0.4, -0.2) is 4.98 Å². The van der Waals surface area contributed by atoms with Gasteiger partial charge in [-0.15, -0.1) is 12.4 Å². The highest BCUT2D eigenvalue weighted by Gasteiger charge is 2.07. The summed E-state index contributed by atoms with van der Waals surface area (Å²) in [7, 11) is 0. The summed E-state index contributed by atoms with van der Waals surface area (Å²) in [6.07, 6.45) is 1.56. The largest absolute Gasteiger partial charge is 0.436 e. The van der Waals surface area contributed by atoms with Crippen LogP contribution < -0.4 is 10.5 Å². The van der Waals surface area contributed by atoms with E-state index in [1.54, 1.807) is 18.3 Å². The number of hydrogen-bond donors (Lipinski definition) is 1. The Bertz CT molecular complexity index is 547. The summed E-state index contributed by atoms with van der Waals surface area (Å²) >= 11 is 0. The average Bonchev–Trinajstić information content (AvgIpc) is 2.33. The average molecular weight is 287 g/mol. The molecule has 2 N–H and O–H groups in total. The highest BCUT2D eigenvalue weighted by atomic mass is 35.5. The molecule has 0 aliphatic rings. The quantitative estimate of drug-likeness (QED) is 0.938. The zero-order valence-corrected chi connectivity index (χ0v) is 11.0. The maximum Gasteiger partial charge on any atom is 0.219 e. The second kappa shape index (κ2) is 6.45. The summed E-state index contributed by atoms with van der Waals surface area (Å²) < 4.78 is 31.2. The molecule has 1 heterocycles. The molecule has 3 nitrogen and oxygen atoms in total. The minimum absolute atomic E-state index is 0. The molecule has 1 atom stereocenters. The molecule has 0 radical (unpaired) electrons. The van der Waals surface area contributed by atoms with Crippen molar-refractivity contribution in [3.8, 4) is 11.6 Å². The van der Waals surface area contributed by atoms with Crippen molar-refractivity contribution < 1.29 is 13.5 Å². The highest BCUT2D eigenvalue weighted by Crippen LogP contribution is 2.24. The maximum absolute atomic E-state index is 13.3. The van der Waals surface area contributed by atoms with Crippen molar-refractivity contribution in [2.75, 3.05) is 0 Å². The van der Waals surface area contributed by atoms with Crippen molar-refractivity contribution in [3.63, 3.8) is 0 Å². The van der Waals surface area contributed by atoms with Crippen LogP contribution in [0.2, 0.25) is 0 Å². The molecule has 0 aliphatic carbocycles. The lowest BCUT2D eigenvalue weighted by Gasteiger charge is -2.08. The smallest absolute Gasteiger partial charge is 0.219 e. The van der Waals surface area contributed by atoms with Gasteiger partial charge >= 0.3 is 0 Å². The lowest BCUT2D eigenvalue weighted by Crippen LogP contribution is -2.05. The number of ether oxygens (including phenoxy) is 1. The zero-order chi connectivity index (χ0) is 13.1. The minimum atomic E-state index is -0.770. The summed E-state index contributed by atoms with van der Waals surface area (Å²) in [6.45, 7) is 1.83. The molecule has 0 aliphatic heterocycles. The van der Waals surface area contributed by atoms with E-state index in [0.717, 1.165) is 17.7 Å². The van der Waals surface area contributed by atoms with Gasteiger partial charge in [0.05, 0.1) is 0 Å². The van der Waals surface area contributed by atoms with Crippen LogP contribution in [0.1, 0.15) is 18.5 Å². The summed E-state index contributed by atoms with van der Waals surface area (Å²) in [6, 6.07) is 6.29. The molecule has 2 rings (SSSR count). The van der Waals surface area contributed by atoms with E-state index in [4.69, 9.17) is 10.5 Å². The maximum atomic E-state index is 13.3. The van der Waals surface area contributed by atoms with Crippen LogP contribution in [0.3, 0.4) is 0 Å². The highest BCUT2D eigenvalue weighted by molar-refractivity contribution is 5.85. The fraction of sp³-hybridized carbons (Fsp3) is 0.154. The predicted octanol–water partition coefficient (Wildman–Crippen LogP) is 3.59. The Morgan fingerprint density at radius 2 is 1.95 bits per heavy atom. The lowest BCUT2D eigenvalue weighted by molar-refractivity contribution is 0.423. The first-order chi connectivity index (χ1) is 8.56. The van der Waals surface area contributed by atoms with Gasteiger partial charge < -0.3 is 10.5 Å². The van der Waals surface area contributed by atoms with E-state index in [1.165, 1.54) is 6.07 Å². The van der Waals surface area contributed by atoms with E-state index in [1.807, 2.05) is 6.92 Å². The molecule has 1 unspecified atom stereocenters. The van der Waals surface area contributed by atoms with Crippen molar-refractivity contribution in [1.29, 1.82) is 0 Å². The Morgan fingerprint density at radius 1 is 1.21 bits per heavy atom. The van der Waals surface area contributed by atoms with E-state index < -0.39 is 11.6 Å². The summed E-state index contributed by atoms with van der Waals surface area (Å²) in [5.41, 5.74) is 6.52. The molecule has 6 heteroatoms. The van der Waals surface area contributed by atoms with Crippen molar-refractivity contribution in [1.82, 2.24) is 4.98 Å². The fourth-order valence-corrected chi connectivity index (χ4v) is 1.39. The topological polar surface area (TPSA) is 48.1 Å². The molecule has 0 fully saturated rings. The van der Waals surface area contributed by atoms with Gasteiger partial charge in [0.15, 0.2) is 11.6 Å². The lowest BCUT2D eigenvalue weighted by atomic mass is 10.2. The molecule has 0 spiro atoms. The first-order valence-electron chi connectivity index (χ1n) is 5.40. The van der Waals surface area contributed by atoms with E-state index in [2.05, 4.69) is 4.98 Å². The van der Waals surface area contributed by atoms with Crippen LogP contribution >= 0.6 is 12.4 Å². The molecule has 0 bridgehead atoms. The van der Waals surface area contributed by atoms with Crippen molar-refractivity contribution >= 4 is 12.4 Å². The van der Waals surface area contributed by atoms with Crippen molar-refractivity contribution in [3.05, 3.63) is 53.7 Å². The van der Waals surface area contributed by atoms with Crippen LogP contribution in [0.4, 0.5) is 8.78 Å². The number of hydrogen-bond acceptors (Lipinski definition) is 3. The molecular weight excluding hydrogens is 274 g/mol. The second-order valence-electron chi connectivity index (χ2n) is 3.90.